The van der Waals surface area contributed by atoms with Gasteiger partial charge in [0, 0.05) is 10.9 Å². The van der Waals surface area contributed by atoms with Crippen molar-refractivity contribution >= 4 is 10.8 Å². The summed E-state index contributed by atoms with van der Waals surface area (Å²) in [4.78, 5) is 0. The van der Waals surface area contributed by atoms with Crippen LogP contribution < -0.4 is 0 Å². The van der Waals surface area contributed by atoms with E-state index in [1.54, 1.807) is 12.1 Å². The van der Waals surface area contributed by atoms with Gasteiger partial charge in [0.15, 0.2) is 0 Å². The van der Waals surface area contributed by atoms with Crippen molar-refractivity contribution in [1.29, 1.82) is 0 Å². The van der Waals surface area contributed by atoms with Gasteiger partial charge in [-0.1, -0.05) is 101 Å². The summed E-state index contributed by atoms with van der Waals surface area (Å²) in [5.41, 5.74) is -1.27. The number of alkyl halides is 3. The Hall–Kier alpha value is -2.50. The topological polar surface area (TPSA) is 0 Å². The molecule has 1 aliphatic carbocycles. The Morgan fingerprint density at radius 1 is 0.737 bits per heavy atom. The molecule has 1 saturated carbocycles. The van der Waals surface area contributed by atoms with Crippen molar-refractivity contribution in [3.63, 3.8) is 0 Å². The molecule has 0 aliphatic heterocycles. The lowest BCUT2D eigenvalue weighted by Gasteiger charge is -2.28. The Kier molecular flexibility index (Phi) is 9.43. The fraction of sp³-hybridized carbons (Fsp3) is 0.500. The first-order chi connectivity index (χ1) is 18.2. The summed E-state index contributed by atoms with van der Waals surface area (Å²) in [5.74, 6) is -2.64. The van der Waals surface area contributed by atoms with Crippen LogP contribution in [0, 0.1) is 29.3 Å². The standard InChI is InChI=1S/C32H36F6/c1-2-3-4-5-6-7-21-8-10-22(11-9-21)12-13-23-14-16-26-24(18-23)15-17-27(31(26)35)25-19-28(33)30(29(34)20-25)32(36,37)38/h14-22H,2-13H2,1H3. The van der Waals surface area contributed by atoms with Crippen molar-refractivity contribution in [2.45, 2.75) is 90.1 Å². The minimum absolute atomic E-state index is 0.140. The van der Waals surface area contributed by atoms with Crippen LogP contribution in [-0.2, 0) is 12.6 Å². The first-order valence-electron chi connectivity index (χ1n) is 13.9. The van der Waals surface area contributed by atoms with Crippen molar-refractivity contribution in [1.82, 2.24) is 0 Å². The number of halogens is 6. The summed E-state index contributed by atoms with van der Waals surface area (Å²) in [6.07, 6.45) is 10.1. The van der Waals surface area contributed by atoms with Gasteiger partial charge in [0.25, 0.3) is 0 Å². The van der Waals surface area contributed by atoms with Gasteiger partial charge in [0.2, 0.25) is 0 Å². The molecule has 3 aromatic carbocycles. The fourth-order valence-corrected chi connectivity index (χ4v) is 5.94. The molecular weight excluding hydrogens is 498 g/mol. The van der Waals surface area contributed by atoms with E-state index in [0.29, 0.717) is 23.4 Å². The summed E-state index contributed by atoms with van der Waals surface area (Å²) < 4.78 is 82.1. The van der Waals surface area contributed by atoms with Crippen molar-refractivity contribution in [2.75, 3.05) is 0 Å². The van der Waals surface area contributed by atoms with Crippen LogP contribution in [0.25, 0.3) is 21.9 Å². The zero-order valence-corrected chi connectivity index (χ0v) is 21.9. The van der Waals surface area contributed by atoms with Crippen molar-refractivity contribution in [2.24, 2.45) is 11.8 Å². The molecule has 0 N–H and O–H groups in total. The van der Waals surface area contributed by atoms with E-state index in [0.717, 1.165) is 24.3 Å². The maximum absolute atomic E-state index is 15.3. The number of rotatable bonds is 10. The predicted octanol–water partition coefficient (Wildman–Crippen LogP) is 11.0. The Morgan fingerprint density at radius 3 is 2.00 bits per heavy atom. The van der Waals surface area contributed by atoms with Gasteiger partial charge in [-0.25, -0.2) is 13.2 Å². The van der Waals surface area contributed by atoms with E-state index in [4.69, 9.17) is 0 Å². The SMILES string of the molecule is CCCCCCCC1CCC(CCc2ccc3c(F)c(-c4cc(F)c(C(F)(F)F)c(F)c4)ccc3c2)CC1. The second kappa shape index (κ2) is 12.6. The van der Waals surface area contributed by atoms with E-state index in [9.17, 15) is 22.0 Å². The first kappa shape index (κ1) is 28.5. The molecule has 0 heterocycles. The largest absolute Gasteiger partial charge is 0.422 e. The minimum Gasteiger partial charge on any atom is -0.206 e. The van der Waals surface area contributed by atoms with Crippen LogP contribution in [-0.4, -0.2) is 0 Å². The van der Waals surface area contributed by atoms with Gasteiger partial charge >= 0.3 is 6.18 Å². The summed E-state index contributed by atoms with van der Waals surface area (Å²) in [6.45, 7) is 2.24. The van der Waals surface area contributed by atoms with Crippen LogP contribution in [0.4, 0.5) is 26.3 Å². The van der Waals surface area contributed by atoms with E-state index in [1.807, 2.05) is 12.1 Å². The second-order valence-electron chi connectivity index (χ2n) is 10.9. The predicted molar refractivity (Wildman–Crippen MR) is 141 cm³/mol. The molecule has 38 heavy (non-hydrogen) atoms. The lowest BCUT2D eigenvalue weighted by atomic mass is 9.77. The molecule has 0 saturated heterocycles. The average Bonchev–Trinajstić information content (AvgIpc) is 2.87. The molecule has 0 nitrogen and oxygen atoms in total. The van der Waals surface area contributed by atoms with Crippen molar-refractivity contribution < 1.29 is 26.3 Å². The molecular formula is C32H36F6. The Bertz CT molecular complexity index is 1200. The van der Waals surface area contributed by atoms with E-state index in [1.165, 1.54) is 70.3 Å². The van der Waals surface area contributed by atoms with Crippen LogP contribution in [0.15, 0.2) is 42.5 Å². The summed E-state index contributed by atoms with van der Waals surface area (Å²) in [7, 11) is 0. The Morgan fingerprint density at radius 2 is 1.37 bits per heavy atom. The summed E-state index contributed by atoms with van der Waals surface area (Å²) in [5, 5.41) is 0.926. The molecule has 0 radical (unpaired) electrons. The van der Waals surface area contributed by atoms with Crippen LogP contribution >= 0.6 is 0 Å². The molecule has 1 aliphatic rings. The van der Waals surface area contributed by atoms with Gasteiger partial charge in [0.1, 0.15) is 23.0 Å². The van der Waals surface area contributed by atoms with E-state index in [2.05, 4.69) is 6.92 Å². The number of unbranched alkanes of at least 4 members (excludes halogenated alkanes) is 4. The molecule has 6 heteroatoms. The van der Waals surface area contributed by atoms with Crippen molar-refractivity contribution in [3.8, 4) is 11.1 Å². The molecule has 0 unspecified atom stereocenters. The highest BCUT2D eigenvalue weighted by molar-refractivity contribution is 5.88. The molecule has 0 bridgehead atoms. The minimum atomic E-state index is -5.17. The van der Waals surface area contributed by atoms with Gasteiger partial charge in [-0.15, -0.1) is 0 Å². The zero-order chi connectivity index (χ0) is 27.3. The third-order valence-electron chi connectivity index (χ3n) is 8.18. The number of fused-ring (bicyclic) bond motifs is 1. The van der Waals surface area contributed by atoms with Crippen LogP contribution in [0.1, 0.15) is 88.7 Å². The van der Waals surface area contributed by atoms with Crippen LogP contribution in [0.3, 0.4) is 0 Å². The molecule has 0 spiro atoms. The number of benzene rings is 3. The van der Waals surface area contributed by atoms with Gasteiger partial charge in [-0.2, -0.15) is 13.2 Å². The summed E-state index contributed by atoms with van der Waals surface area (Å²) in [6, 6.07) is 9.53. The lowest BCUT2D eigenvalue weighted by molar-refractivity contribution is -0.142. The fourth-order valence-electron chi connectivity index (χ4n) is 5.94. The molecule has 206 valence electrons. The molecule has 1 fully saturated rings. The molecule has 0 aromatic heterocycles. The number of hydrogen-bond donors (Lipinski definition) is 0. The first-order valence-corrected chi connectivity index (χ1v) is 13.9. The Labute approximate surface area is 221 Å². The Balaban J connectivity index is 1.37. The quantitative estimate of drug-likeness (QED) is 0.179. The maximum Gasteiger partial charge on any atom is 0.422 e. The number of aryl methyl sites for hydroxylation is 1. The highest BCUT2D eigenvalue weighted by Gasteiger charge is 2.38. The smallest absolute Gasteiger partial charge is 0.206 e. The van der Waals surface area contributed by atoms with Gasteiger partial charge in [0.05, 0.1) is 0 Å². The van der Waals surface area contributed by atoms with Gasteiger partial charge < -0.3 is 0 Å². The highest BCUT2D eigenvalue weighted by Crippen LogP contribution is 2.38. The third kappa shape index (κ3) is 6.92. The van der Waals surface area contributed by atoms with Crippen molar-refractivity contribution in [3.05, 3.63) is 71.0 Å². The maximum atomic E-state index is 15.3. The zero-order valence-electron chi connectivity index (χ0n) is 21.9. The second-order valence-corrected chi connectivity index (χ2v) is 10.9. The average molecular weight is 535 g/mol. The van der Waals surface area contributed by atoms with Crippen LogP contribution in [0.2, 0.25) is 0 Å². The molecule has 0 atom stereocenters. The molecule has 3 aromatic rings. The highest BCUT2D eigenvalue weighted by atomic mass is 19.4. The number of hydrogen-bond acceptors (Lipinski definition) is 0. The van der Waals surface area contributed by atoms with E-state index < -0.39 is 29.2 Å². The third-order valence-corrected chi connectivity index (χ3v) is 8.18. The molecule has 4 rings (SSSR count). The molecule has 0 amide bonds. The van der Waals surface area contributed by atoms with Crippen LogP contribution in [0.5, 0.6) is 0 Å². The summed E-state index contributed by atoms with van der Waals surface area (Å²) >= 11 is 0. The monoisotopic (exact) mass is 534 g/mol. The van der Waals surface area contributed by atoms with Gasteiger partial charge in [-0.3, -0.25) is 0 Å². The normalized spacial score (nSPS) is 18.3. The van der Waals surface area contributed by atoms with Gasteiger partial charge in [-0.05, 0) is 53.3 Å². The van der Waals surface area contributed by atoms with E-state index >= 15 is 4.39 Å². The van der Waals surface area contributed by atoms with E-state index in [-0.39, 0.29) is 16.5 Å². The lowest BCUT2D eigenvalue weighted by Crippen LogP contribution is -2.15.